The van der Waals surface area contributed by atoms with Gasteiger partial charge in [-0.05, 0) is 18.6 Å². The number of amides is 2. The van der Waals surface area contributed by atoms with Crippen LogP contribution in [-0.4, -0.2) is 39.9 Å². The predicted molar refractivity (Wildman–Crippen MR) is 58.9 cm³/mol. The number of nitrogens with two attached hydrogens (primary N) is 1. The molecule has 7 heteroatoms. The first-order chi connectivity index (χ1) is 7.50. The molecule has 2 atom stereocenters. The van der Waals surface area contributed by atoms with E-state index in [9.17, 15) is 14.4 Å². The summed E-state index contributed by atoms with van der Waals surface area (Å²) in [5, 5.41) is 10.9. The second kappa shape index (κ2) is 5.74. The Bertz CT molecular complexity index is 302. The van der Waals surface area contributed by atoms with E-state index < -0.39 is 17.9 Å². The van der Waals surface area contributed by atoms with E-state index in [-0.39, 0.29) is 17.6 Å². The Morgan fingerprint density at radius 1 is 1.50 bits per heavy atom. The molecule has 90 valence electrons. The van der Waals surface area contributed by atoms with E-state index in [0.29, 0.717) is 0 Å². The van der Waals surface area contributed by atoms with Crippen LogP contribution in [-0.2, 0) is 14.4 Å². The van der Waals surface area contributed by atoms with E-state index >= 15 is 0 Å². The molecular formula is C9H14N2O4S. The molecule has 16 heavy (non-hydrogen) atoms. The monoisotopic (exact) mass is 246 g/mol. The van der Waals surface area contributed by atoms with Crippen LogP contribution in [0.2, 0.25) is 0 Å². The van der Waals surface area contributed by atoms with Crippen molar-refractivity contribution in [1.29, 1.82) is 0 Å². The molecule has 1 saturated heterocycles. The molecule has 1 fully saturated rings. The molecule has 0 saturated carbocycles. The highest BCUT2D eigenvalue weighted by molar-refractivity contribution is 8.00. The fourth-order valence-electron chi connectivity index (χ4n) is 1.45. The van der Waals surface area contributed by atoms with E-state index in [1.807, 2.05) is 0 Å². The van der Waals surface area contributed by atoms with Gasteiger partial charge >= 0.3 is 5.97 Å². The number of carboxylic acid groups (broad SMARTS) is 1. The minimum absolute atomic E-state index is 0.199. The third-order valence-corrected chi connectivity index (χ3v) is 3.62. The number of hydrogen-bond donors (Lipinski definition) is 3. The predicted octanol–water partition coefficient (Wildman–Crippen LogP) is -0.673. The van der Waals surface area contributed by atoms with Gasteiger partial charge in [0.2, 0.25) is 11.8 Å². The van der Waals surface area contributed by atoms with Gasteiger partial charge in [-0.2, -0.15) is 0 Å². The molecule has 1 heterocycles. The van der Waals surface area contributed by atoms with Crippen LogP contribution in [0.3, 0.4) is 0 Å². The summed E-state index contributed by atoms with van der Waals surface area (Å²) in [6.45, 7) is 0. The lowest BCUT2D eigenvalue weighted by Gasteiger charge is -2.15. The number of carbonyl (C=O) groups is 3. The fraction of sp³-hybridized carbons (Fsp3) is 0.667. The lowest BCUT2D eigenvalue weighted by atomic mass is 10.2. The number of nitrogens with one attached hydrogen (secondary N) is 1. The first-order valence-electron chi connectivity index (χ1n) is 4.94. The van der Waals surface area contributed by atoms with Crippen molar-refractivity contribution in [2.45, 2.75) is 30.6 Å². The zero-order valence-electron chi connectivity index (χ0n) is 8.64. The molecule has 2 amide bonds. The van der Waals surface area contributed by atoms with Crippen LogP contribution in [0.25, 0.3) is 0 Å². The highest BCUT2D eigenvalue weighted by atomic mass is 32.2. The molecule has 4 N–H and O–H groups in total. The molecular weight excluding hydrogens is 232 g/mol. The maximum Gasteiger partial charge on any atom is 0.326 e. The molecule has 0 aromatic heterocycles. The van der Waals surface area contributed by atoms with Gasteiger partial charge in [-0.1, -0.05) is 0 Å². The molecule has 0 spiro atoms. The smallest absolute Gasteiger partial charge is 0.326 e. The van der Waals surface area contributed by atoms with Crippen molar-refractivity contribution in [2.24, 2.45) is 5.73 Å². The van der Waals surface area contributed by atoms with Crippen molar-refractivity contribution in [2.75, 3.05) is 5.75 Å². The summed E-state index contributed by atoms with van der Waals surface area (Å²) in [7, 11) is 0. The lowest BCUT2D eigenvalue weighted by molar-refractivity contribution is -0.143. The van der Waals surface area contributed by atoms with Gasteiger partial charge in [0, 0.05) is 0 Å². The van der Waals surface area contributed by atoms with Crippen LogP contribution in [0, 0.1) is 0 Å². The van der Waals surface area contributed by atoms with Crippen LogP contribution in [0.4, 0.5) is 0 Å². The second-order valence-electron chi connectivity index (χ2n) is 3.57. The Morgan fingerprint density at radius 2 is 2.19 bits per heavy atom. The van der Waals surface area contributed by atoms with Gasteiger partial charge in [-0.25, -0.2) is 4.79 Å². The van der Waals surface area contributed by atoms with Gasteiger partial charge in [0.1, 0.15) is 6.04 Å². The maximum atomic E-state index is 11.6. The summed E-state index contributed by atoms with van der Waals surface area (Å²) < 4.78 is 0. The Balaban J connectivity index is 2.50. The summed E-state index contributed by atoms with van der Waals surface area (Å²) >= 11 is 1.50. The Morgan fingerprint density at radius 3 is 2.62 bits per heavy atom. The van der Waals surface area contributed by atoms with Crippen LogP contribution in [0.1, 0.15) is 19.3 Å². The molecule has 6 nitrogen and oxygen atoms in total. The van der Waals surface area contributed by atoms with Crippen molar-refractivity contribution in [3.63, 3.8) is 0 Å². The average Bonchev–Trinajstić information content (AvgIpc) is 2.68. The number of hydrogen-bond acceptors (Lipinski definition) is 4. The standard InChI is InChI=1S/C9H14N2O4S/c10-7(12)4-5(9(14)15)11-8(13)6-2-1-3-16-6/h5-6H,1-4H2,(H2,10,12)(H,11,13)(H,14,15)/t5-,6?/m1/s1. The van der Waals surface area contributed by atoms with Crippen LogP contribution in [0.15, 0.2) is 0 Å². The fourth-order valence-corrected chi connectivity index (χ4v) is 2.62. The van der Waals surface area contributed by atoms with Crippen molar-refractivity contribution in [3.05, 3.63) is 0 Å². The number of carbonyl (C=O) groups excluding carboxylic acids is 2. The topological polar surface area (TPSA) is 109 Å². The Labute approximate surface area is 96.9 Å². The van der Waals surface area contributed by atoms with Gasteiger partial charge in [0.05, 0.1) is 11.7 Å². The number of primary amides is 1. The number of rotatable bonds is 5. The lowest BCUT2D eigenvalue weighted by Crippen LogP contribution is -2.46. The van der Waals surface area contributed by atoms with E-state index in [4.69, 9.17) is 10.8 Å². The largest absolute Gasteiger partial charge is 0.480 e. The molecule has 1 rings (SSSR count). The quantitative estimate of drug-likeness (QED) is 0.596. The molecule has 0 aliphatic carbocycles. The third kappa shape index (κ3) is 3.73. The average molecular weight is 246 g/mol. The van der Waals surface area contributed by atoms with Gasteiger partial charge < -0.3 is 16.2 Å². The van der Waals surface area contributed by atoms with Crippen LogP contribution >= 0.6 is 11.8 Å². The molecule has 1 aliphatic rings. The molecule has 0 aromatic carbocycles. The van der Waals surface area contributed by atoms with Crippen molar-refractivity contribution in [1.82, 2.24) is 5.32 Å². The highest BCUT2D eigenvalue weighted by Gasteiger charge is 2.28. The van der Waals surface area contributed by atoms with E-state index in [2.05, 4.69) is 5.32 Å². The van der Waals surface area contributed by atoms with Crippen LogP contribution < -0.4 is 11.1 Å². The van der Waals surface area contributed by atoms with Crippen molar-refractivity contribution >= 4 is 29.5 Å². The van der Waals surface area contributed by atoms with Gasteiger partial charge in [0.15, 0.2) is 0 Å². The molecule has 0 bridgehead atoms. The van der Waals surface area contributed by atoms with Gasteiger partial charge in [-0.15, -0.1) is 11.8 Å². The van der Waals surface area contributed by atoms with Gasteiger partial charge in [0.25, 0.3) is 0 Å². The van der Waals surface area contributed by atoms with Gasteiger partial charge in [-0.3, -0.25) is 9.59 Å². The van der Waals surface area contributed by atoms with Crippen molar-refractivity contribution < 1.29 is 19.5 Å². The van der Waals surface area contributed by atoms with Crippen LogP contribution in [0.5, 0.6) is 0 Å². The van der Waals surface area contributed by atoms with E-state index in [1.54, 1.807) is 0 Å². The number of carboxylic acids is 1. The number of thioether (sulfide) groups is 1. The summed E-state index contributed by atoms with van der Waals surface area (Å²) in [4.78, 5) is 33.0. The maximum absolute atomic E-state index is 11.6. The minimum atomic E-state index is -1.24. The second-order valence-corrected chi connectivity index (χ2v) is 4.88. The molecule has 1 aliphatic heterocycles. The zero-order chi connectivity index (χ0) is 12.1. The van der Waals surface area contributed by atoms with E-state index in [0.717, 1.165) is 18.6 Å². The highest BCUT2D eigenvalue weighted by Crippen LogP contribution is 2.26. The summed E-state index contributed by atoms with van der Waals surface area (Å²) in [5.74, 6) is -1.40. The number of aliphatic carboxylic acids is 1. The zero-order valence-corrected chi connectivity index (χ0v) is 9.46. The minimum Gasteiger partial charge on any atom is -0.480 e. The summed E-state index contributed by atoms with van der Waals surface area (Å²) in [6.07, 6.45) is 1.33. The first-order valence-corrected chi connectivity index (χ1v) is 5.98. The Kier molecular flexibility index (Phi) is 4.60. The molecule has 1 unspecified atom stereocenters. The third-order valence-electron chi connectivity index (χ3n) is 2.24. The summed E-state index contributed by atoms with van der Waals surface area (Å²) in [6, 6.07) is -1.22. The summed E-state index contributed by atoms with van der Waals surface area (Å²) in [5.41, 5.74) is 4.90. The molecule has 0 aromatic rings. The van der Waals surface area contributed by atoms with Crippen molar-refractivity contribution in [3.8, 4) is 0 Å². The molecule has 0 radical (unpaired) electrons. The Hall–Kier alpha value is -1.24. The normalized spacial score (nSPS) is 21.4. The first kappa shape index (κ1) is 12.8. The van der Waals surface area contributed by atoms with E-state index in [1.165, 1.54) is 11.8 Å². The SMILES string of the molecule is NC(=O)C[C@@H](NC(=O)C1CCCS1)C(=O)O.